The van der Waals surface area contributed by atoms with Crippen LogP contribution in [0.5, 0.6) is 11.5 Å². The van der Waals surface area contributed by atoms with E-state index in [0.29, 0.717) is 40.7 Å². The summed E-state index contributed by atoms with van der Waals surface area (Å²) in [6.45, 7) is 6.50. The number of benzene rings is 2. The first-order valence-corrected chi connectivity index (χ1v) is 11.9. The molecule has 4 rings (SSSR count). The van der Waals surface area contributed by atoms with Crippen LogP contribution in [0.25, 0.3) is 10.9 Å². The van der Waals surface area contributed by atoms with Crippen molar-refractivity contribution in [3.63, 3.8) is 0 Å². The van der Waals surface area contributed by atoms with Crippen molar-refractivity contribution >= 4 is 16.7 Å². The second kappa shape index (κ2) is 10.4. The molecule has 1 aliphatic heterocycles. The molecule has 2 heterocycles. The molecule has 1 aliphatic rings. The number of aromatic amines is 1. The van der Waals surface area contributed by atoms with E-state index in [1.807, 2.05) is 12.1 Å². The molecule has 0 amide bonds. The fourth-order valence-electron chi connectivity index (χ4n) is 4.67. The minimum atomic E-state index is -0.202. The number of carbonyl (C=O) groups is 1. The number of aromatic nitrogens is 2. The van der Waals surface area contributed by atoms with E-state index < -0.39 is 0 Å². The maximum absolute atomic E-state index is 13.0. The molecule has 0 radical (unpaired) electrons. The summed E-state index contributed by atoms with van der Waals surface area (Å²) in [5.74, 6) is 2.51. The highest BCUT2D eigenvalue weighted by Gasteiger charge is 2.26. The molecule has 7 heteroatoms. The van der Waals surface area contributed by atoms with Crippen molar-refractivity contribution in [1.82, 2.24) is 14.9 Å². The largest absolute Gasteiger partial charge is 0.493 e. The molecular weight excluding hydrogens is 430 g/mol. The van der Waals surface area contributed by atoms with Crippen LogP contribution >= 0.6 is 0 Å². The van der Waals surface area contributed by atoms with Crippen molar-refractivity contribution in [3.8, 4) is 11.5 Å². The van der Waals surface area contributed by atoms with Gasteiger partial charge in [-0.15, -0.1) is 0 Å². The Balaban J connectivity index is 1.40. The van der Waals surface area contributed by atoms with Crippen LogP contribution in [-0.4, -0.2) is 48.0 Å². The van der Waals surface area contributed by atoms with Gasteiger partial charge in [0.2, 0.25) is 0 Å². The van der Waals surface area contributed by atoms with E-state index in [1.165, 1.54) is 12.7 Å². The summed E-state index contributed by atoms with van der Waals surface area (Å²) in [7, 11) is 3.10. The first kappa shape index (κ1) is 24.0. The lowest BCUT2D eigenvalue weighted by molar-refractivity contribution is 0.0833. The van der Waals surface area contributed by atoms with Crippen LogP contribution in [-0.2, 0) is 13.0 Å². The molecule has 1 N–H and O–H groups in total. The van der Waals surface area contributed by atoms with Gasteiger partial charge in [0.05, 0.1) is 31.7 Å². The number of ether oxygens (including phenoxy) is 2. The van der Waals surface area contributed by atoms with Crippen molar-refractivity contribution in [2.24, 2.45) is 11.8 Å². The number of nitrogens with zero attached hydrogens (tertiary/aromatic N) is 2. The van der Waals surface area contributed by atoms with Gasteiger partial charge in [-0.05, 0) is 49.9 Å². The number of ketones is 1. The second-order valence-corrected chi connectivity index (χ2v) is 9.45. The van der Waals surface area contributed by atoms with E-state index >= 15 is 0 Å². The number of H-pyrrole nitrogens is 1. The summed E-state index contributed by atoms with van der Waals surface area (Å²) in [6.07, 6.45) is 2.63. The van der Waals surface area contributed by atoms with Gasteiger partial charge in [0.25, 0.3) is 5.56 Å². The summed E-state index contributed by atoms with van der Waals surface area (Å²) in [5, 5.41) is 0.463. The van der Waals surface area contributed by atoms with Crippen LogP contribution in [0.4, 0.5) is 0 Å². The quantitative estimate of drug-likeness (QED) is 0.503. The van der Waals surface area contributed by atoms with Gasteiger partial charge in [-0.1, -0.05) is 38.1 Å². The molecule has 34 heavy (non-hydrogen) atoms. The van der Waals surface area contributed by atoms with Gasteiger partial charge >= 0.3 is 0 Å². The number of hydrogen-bond donors (Lipinski definition) is 1. The molecule has 0 aliphatic carbocycles. The highest BCUT2D eigenvalue weighted by Crippen LogP contribution is 2.30. The second-order valence-electron chi connectivity index (χ2n) is 9.45. The smallest absolute Gasteiger partial charge is 0.258 e. The van der Waals surface area contributed by atoms with Crippen molar-refractivity contribution < 1.29 is 14.3 Å². The number of hydrogen-bond acceptors (Lipinski definition) is 6. The number of likely N-dealkylation sites (tertiary alicyclic amines) is 1. The van der Waals surface area contributed by atoms with Crippen LogP contribution in [0.1, 0.15) is 48.4 Å². The van der Waals surface area contributed by atoms with Crippen molar-refractivity contribution in [2.75, 3.05) is 27.3 Å². The Morgan fingerprint density at radius 1 is 1.09 bits per heavy atom. The van der Waals surface area contributed by atoms with E-state index in [4.69, 9.17) is 9.47 Å². The van der Waals surface area contributed by atoms with Crippen molar-refractivity contribution in [2.45, 2.75) is 39.7 Å². The zero-order valence-corrected chi connectivity index (χ0v) is 20.4. The standard InChI is InChI=1S/C27H33N3O4/c1-17(2)13-18-5-7-19(8-6-18)26(31)20-9-11-30(12-10-20)16-25-28-22-15-24(34-4)23(33-3)14-21(22)27(32)29-25/h5-8,14-15,17,20H,9-13,16H2,1-4H3,(H,28,29,32). The van der Waals surface area contributed by atoms with Crippen LogP contribution in [0.2, 0.25) is 0 Å². The number of methoxy groups -OCH3 is 2. The lowest BCUT2D eigenvalue weighted by Crippen LogP contribution is -2.36. The number of Topliss-reactive ketones (excluding diaryl/α,β-unsaturated/α-hetero) is 1. The molecule has 0 saturated carbocycles. The number of piperidine rings is 1. The third kappa shape index (κ3) is 5.30. The molecule has 1 saturated heterocycles. The Labute approximate surface area is 200 Å². The minimum Gasteiger partial charge on any atom is -0.493 e. The molecule has 0 unspecified atom stereocenters. The molecule has 0 atom stereocenters. The van der Waals surface area contributed by atoms with Gasteiger partial charge < -0.3 is 14.5 Å². The maximum atomic E-state index is 13.0. The molecule has 3 aromatic rings. The van der Waals surface area contributed by atoms with Gasteiger partial charge in [0, 0.05) is 17.5 Å². The average molecular weight is 464 g/mol. The summed E-state index contributed by atoms with van der Waals surface area (Å²) in [4.78, 5) is 35.4. The summed E-state index contributed by atoms with van der Waals surface area (Å²) < 4.78 is 10.6. The Hall–Kier alpha value is -3.19. The Kier molecular flexibility index (Phi) is 7.32. The van der Waals surface area contributed by atoms with Crippen LogP contribution in [0.3, 0.4) is 0 Å². The summed E-state index contributed by atoms with van der Waals surface area (Å²) in [6, 6.07) is 11.5. The highest BCUT2D eigenvalue weighted by atomic mass is 16.5. The van der Waals surface area contributed by atoms with Gasteiger partial charge in [-0.2, -0.15) is 0 Å². The fraction of sp³-hybridized carbons (Fsp3) is 0.444. The average Bonchev–Trinajstić information content (AvgIpc) is 2.83. The number of rotatable bonds is 8. The number of carbonyl (C=O) groups excluding carboxylic acids is 1. The first-order chi connectivity index (χ1) is 16.4. The topological polar surface area (TPSA) is 84.5 Å². The molecular formula is C27H33N3O4. The highest BCUT2D eigenvalue weighted by molar-refractivity contribution is 5.97. The first-order valence-electron chi connectivity index (χ1n) is 11.9. The molecule has 1 fully saturated rings. The lowest BCUT2D eigenvalue weighted by atomic mass is 9.88. The van der Waals surface area contributed by atoms with Crippen molar-refractivity contribution in [3.05, 3.63) is 63.7 Å². The van der Waals surface area contributed by atoms with Crippen LogP contribution in [0, 0.1) is 11.8 Å². The Bertz CT molecular complexity index is 1210. The van der Waals surface area contributed by atoms with Crippen LogP contribution in [0.15, 0.2) is 41.2 Å². The van der Waals surface area contributed by atoms with Gasteiger partial charge in [0.15, 0.2) is 17.3 Å². The normalized spacial score (nSPS) is 15.1. The molecule has 0 bridgehead atoms. The molecule has 1 aromatic heterocycles. The predicted molar refractivity (Wildman–Crippen MR) is 133 cm³/mol. The van der Waals surface area contributed by atoms with E-state index in [9.17, 15) is 9.59 Å². The number of nitrogens with one attached hydrogen (secondary N) is 1. The fourth-order valence-corrected chi connectivity index (χ4v) is 4.67. The van der Waals surface area contributed by atoms with E-state index in [2.05, 4.69) is 40.8 Å². The molecule has 2 aromatic carbocycles. The van der Waals surface area contributed by atoms with Gasteiger partial charge in [-0.25, -0.2) is 4.98 Å². The predicted octanol–water partition coefficient (Wildman–Crippen LogP) is 4.23. The Morgan fingerprint density at radius 2 is 1.74 bits per heavy atom. The lowest BCUT2D eigenvalue weighted by Gasteiger charge is -2.30. The number of fused-ring (bicyclic) bond motifs is 1. The zero-order valence-electron chi connectivity index (χ0n) is 20.4. The zero-order chi connectivity index (χ0) is 24.2. The Morgan fingerprint density at radius 3 is 2.35 bits per heavy atom. The van der Waals surface area contributed by atoms with E-state index in [1.54, 1.807) is 19.2 Å². The third-order valence-electron chi connectivity index (χ3n) is 6.47. The summed E-state index contributed by atoms with van der Waals surface area (Å²) in [5.41, 5.74) is 2.44. The third-order valence-corrected chi connectivity index (χ3v) is 6.47. The van der Waals surface area contributed by atoms with Gasteiger partial charge in [-0.3, -0.25) is 14.5 Å². The monoisotopic (exact) mass is 463 g/mol. The maximum Gasteiger partial charge on any atom is 0.258 e. The molecule has 7 nitrogen and oxygen atoms in total. The SMILES string of the molecule is COc1cc2nc(CN3CCC(C(=O)c4ccc(CC(C)C)cc4)CC3)[nH]c(=O)c2cc1OC. The van der Waals surface area contributed by atoms with E-state index in [-0.39, 0.29) is 17.3 Å². The van der Waals surface area contributed by atoms with Crippen LogP contribution < -0.4 is 15.0 Å². The molecule has 180 valence electrons. The van der Waals surface area contributed by atoms with Crippen molar-refractivity contribution in [1.29, 1.82) is 0 Å². The summed E-state index contributed by atoms with van der Waals surface area (Å²) >= 11 is 0. The minimum absolute atomic E-state index is 0.0348. The van der Waals surface area contributed by atoms with E-state index in [0.717, 1.165) is 37.9 Å². The van der Waals surface area contributed by atoms with Gasteiger partial charge in [0.1, 0.15) is 5.82 Å². The molecule has 0 spiro atoms.